The highest BCUT2D eigenvalue weighted by atomic mass is 32.2. The van der Waals surface area contributed by atoms with Crippen molar-refractivity contribution >= 4 is 57.8 Å². The van der Waals surface area contributed by atoms with Crippen LogP contribution in [0.3, 0.4) is 0 Å². The Kier molecular flexibility index (Phi) is 6.86. The summed E-state index contributed by atoms with van der Waals surface area (Å²) in [4.78, 5) is 36.6. The molecule has 2 aromatic carbocycles. The number of thioether (sulfide) groups is 1. The summed E-state index contributed by atoms with van der Waals surface area (Å²) in [6.07, 6.45) is 1.63. The van der Waals surface area contributed by atoms with E-state index in [9.17, 15) is 14.4 Å². The van der Waals surface area contributed by atoms with E-state index < -0.39 is 18.4 Å². The molecule has 1 aliphatic heterocycles. The molecular formula is C21H18N2O5S2. The molecule has 154 valence electrons. The van der Waals surface area contributed by atoms with Gasteiger partial charge in [0.15, 0.2) is 6.61 Å². The van der Waals surface area contributed by atoms with Crippen LogP contribution in [0.5, 0.6) is 5.75 Å². The molecule has 0 bridgehead atoms. The number of amides is 2. The molecule has 0 saturated carbocycles. The molecule has 1 fully saturated rings. The Morgan fingerprint density at radius 2 is 1.90 bits per heavy atom. The van der Waals surface area contributed by atoms with Crippen LogP contribution in [-0.2, 0) is 14.4 Å². The molecular weight excluding hydrogens is 424 g/mol. The van der Waals surface area contributed by atoms with Gasteiger partial charge in [-0.05, 0) is 42.3 Å². The van der Waals surface area contributed by atoms with Crippen molar-refractivity contribution in [2.24, 2.45) is 0 Å². The Hall–Kier alpha value is -3.17. The molecule has 2 N–H and O–H groups in total. The number of ether oxygens (including phenoxy) is 1. The lowest BCUT2D eigenvalue weighted by atomic mass is 10.2. The predicted molar refractivity (Wildman–Crippen MR) is 119 cm³/mol. The van der Waals surface area contributed by atoms with Crippen molar-refractivity contribution in [1.82, 2.24) is 4.90 Å². The van der Waals surface area contributed by atoms with Gasteiger partial charge >= 0.3 is 5.97 Å². The van der Waals surface area contributed by atoms with E-state index in [0.717, 1.165) is 33.5 Å². The van der Waals surface area contributed by atoms with Gasteiger partial charge in [-0.2, -0.15) is 0 Å². The van der Waals surface area contributed by atoms with Gasteiger partial charge in [0.05, 0.1) is 4.91 Å². The van der Waals surface area contributed by atoms with E-state index in [4.69, 9.17) is 22.1 Å². The second-order valence-corrected chi connectivity index (χ2v) is 8.06. The Bertz CT molecular complexity index is 1030. The summed E-state index contributed by atoms with van der Waals surface area (Å²) >= 11 is 6.13. The van der Waals surface area contributed by atoms with E-state index >= 15 is 0 Å². The van der Waals surface area contributed by atoms with Crippen molar-refractivity contribution < 1.29 is 24.2 Å². The minimum atomic E-state index is -1.12. The van der Waals surface area contributed by atoms with E-state index in [0.29, 0.717) is 10.7 Å². The second-order valence-electron chi connectivity index (χ2n) is 6.38. The first kappa shape index (κ1) is 21.5. The Morgan fingerprint density at radius 3 is 2.57 bits per heavy atom. The number of thiocarbonyl (C=S) groups is 1. The van der Waals surface area contributed by atoms with E-state index in [-0.39, 0.29) is 16.8 Å². The number of aryl methyl sites for hydroxylation is 1. The van der Waals surface area contributed by atoms with Crippen molar-refractivity contribution in [1.29, 1.82) is 0 Å². The fourth-order valence-corrected chi connectivity index (χ4v) is 3.89. The highest BCUT2D eigenvalue weighted by Gasteiger charge is 2.33. The molecule has 1 heterocycles. The zero-order chi connectivity index (χ0) is 21.7. The fraction of sp³-hybridized carbons (Fsp3) is 0.143. The molecule has 1 aliphatic rings. The first-order valence-corrected chi connectivity index (χ1v) is 10.1. The van der Waals surface area contributed by atoms with E-state index in [1.54, 1.807) is 30.3 Å². The summed E-state index contributed by atoms with van der Waals surface area (Å²) in [5.74, 6) is -1.32. The van der Waals surface area contributed by atoms with Crippen LogP contribution in [0.15, 0.2) is 53.4 Å². The maximum absolute atomic E-state index is 12.3. The molecule has 1 saturated heterocycles. The number of nitrogens with zero attached hydrogens (tertiary/aromatic N) is 1. The first-order valence-electron chi connectivity index (χ1n) is 8.89. The number of carboxylic acid groups (broad SMARTS) is 1. The van der Waals surface area contributed by atoms with Gasteiger partial charge < -0.3 is 15.2 Å². The SMILES string of the molecule is Cc1ccccc1NC(=O)COc1ccc(/C=C2/SC(=S)N(CC(=O)O)C2=O)cc1. The maximum atomic E-state index is 12.3. The van der Waals surface area contributed by atoms with Crippen LogP contribution in [0.4, 0.5) is 5.69 Å². The topological polar surface area (TPSA) is 95.9 Å². The molecule has 7 nitrogen and oxygen atoms in total. The number of anilines is 1. The Labute approximate surface area is 182 Å². The van der Waals surface area contributed by atoms with Crippen LogP contribution in [0, 0.1) is 6.92 Å². The number of benzene rings is 2. The quantitative estimate of drug-likeness (QED) is 0.502. The molecule has 2 amide bonds. The Morgan fingerprint density at radius 1 is 1.20 bits per heavy atom. The molecule has 30 heavy (non-hydrogen) atoms. The fourth-order valence-electron chi connectivity index (χ4n) is 2.63. The number of nitrogens with one attached hydrogen (secondary N) is 1. The normalized spacial score (nSPS) is 14.8. The van der Waals surface area contributed by atoms with Crippen LogP contribution in [0.25, 0.3) is 6.08 Å². The summed E-state index contributed by atoms with van der Waals surface area (Å²) in [6, 6.07) is 14.3. The zero-order valence-corrected chi connectivity index (χ0v) is 17.6. The third kappa shape index (κ3) is 5.46. The van der Waals surface area contributed by atoms with Gasteiger partial charge in [-0.25, -0.2) is 0 Å². The number of rotatable bonds is 7. The first-order chi connectivity index (χ1) is 14.3. The summed E-state index contributed by atoms with van der Waals surface area (Å²) in [5, 5.41) is 11.7. The number of hydrogen-bond donors (Lipinski definition) is 2. The van der Waals surface area contributed by atoms with Gasteiger partial charge in [-0.15, -0.1) is 0 Å². The second kappa shape index (κ2) is 9.55. The van der Waals surface area contributed by atoms with Crippen LogP contribution in [-0.4, -0.2) is 45.3 Å². The highest BCUT2D eigenvalue weighted by Crippen LogP contribution is 2.32. The lowest BCUT2D eigenvalue weighted by Crippen LogP contribution is -2.33. The van der Waals surface area contributed by atoms with Gasteiger partial charge in [0.1, 0.15) is 16.6 Å². The summed E-state index contributed by atoms with van der Waals surface area (Å²) < 4.78 is 5.72. The number of carbonyl (C=O) groups is 3. The molecule has 0 atom stereocenters. The van der Waals surface area contributed by atoms with E-state index in [1.165, 1.54) is 0 Å². The molecule has 0 aliphatic carbocycles. The number of carboxylic acids is 1. The minimum absolute atomic E-state index is 0.137. The Balaban J connectivity index is 1.57. The molecule has 3 rings (SSSR count). The average Bonchev–Trinajstić information content (AvgIpc) is 2.96. The maximum Gasteiger partial charge on any atom is 0.323 e. The van der Waals surface area contributed by atoms with Crippen molar-refractivity contribution in [2.45, 2.75) is 6.92 Å². The monoisotopic (exact) mass is 442 g/mol. The van der Waals surface area contributed by atoms with Crippen LogP contribution >= 0.6 is 24.0 Å². The summed E-state index contributed by atoms with van der Waals surface area (Å²) in [5.41, 5.74) is 2.42. The molecule has 0 aromatic heterocycles. The van der Waals surface area contributed by atoms with Crippen molar-refractivity contribution in [3.05, 3.63) is 64.6 Å². The zero-order valence-electron chi connectivity index (χ0n) is 16.0. The third-order valence-corrected chi connectivity index (χ3v) is 5.51. The molecule has 9 heteroatoms. The van der Waals surface area contributed by atoms with Crippen LogP contribution in [0.1, 0.15) is 11.1 Å². The van der Waals surface area contributed by atoms with Crippen molar-refractivity contribution in [3.63, 3.8) is 0 Å². The van der Waals surface area contributed by atoms with Gasteiger partial charge in [0, 0.05) is 5.69 Å². The van der Waals surface area contributed by atoms with Crippen LogP contribution in [0.2, 0.25) is 0 Å². The predicted octanol–water partition coefficient (Wildman–Crippen LogP) is 3.30. The molecule has 0 spiro atoms. The lowest BCUT2D eigenvalue weighted by molar-refractivity contribution is -0.140. The summed E-state index contributed by atoms with van der Waals surface area (Å²) in [7, 11) is 0. The van der Waals surface area contributed by atoms with Gasteiger partial charge in [-0.3, -0.25) is 19.3 Å². The highest BCUT2D eigenvalue weighted by molar-refractivity contribution is 8.26. The van der Waals surface area contributed by atoms with Gasteiger partial charge in [0.25, 0.3) is 11.8 Å². The van der Waals surface area contributed by atoms with Gasteiger partial charge in [0.2, 0.25) is 0 Å². The number of aliphatic carboxylic acids is 1. The number of para-hydroxylation sites is 1. The van der Waals surface area contributed by atoms with Crippen molar-refractivity contribution in [2.75, 3.05) is 18.5 Å². The lowest BCUT2D eigenvalue weighted by Gasteiger charge is -2.10. The minimum Gasteiger partial charge on any atom is -0.484 e. The number of hydrogen-bond acceptors (Lipinski definition) is 6. The van der Waals surface area contributed by atoms with E-state index in [1.807, 2.05) is 31.2 Å². The van der Waals surface area contributed by atoms with Gasteiger partial charge in [-0.1, -0.05) is 54.3 Å². The standard InChI is InChI=1S/C21H18N2O5S2/c1-13-4-2-3-5-16(13)22-18(24)12-28-15-8-6-14(7-9-15)10-17-20(27)23(11-19(25)26)21(29)30-17/h2-10H,11-12H2,1H3,(H,22,24)(H,25,26)/b17-10+. The van der Waals surface area contributed by atoms with Crippen molar-refractivity contribution in [3.8, 4) is 5.75 Å². The molecule has 2 aromatic rings. The third-order valence-electron chi connectivity index (χ3n) is 4.13. The smallest absolute Gasteiger partial charge is 0.323 e. The largest absolute Gasteiger partial charge is 0.484 e. The summed E-state index contributed by atoms with van der Waals surface area (Å²) in [6.45, 7) is 1.31. The molecule has 0 unspecified atom stereocenters. The van der Waals surface area contributed by atoms with Crippen LogP contribution < -0.4 is 10.1 Å². The van der Waals surface area contributed by atoms with E-state index in [2.05, 4.69) is 5.32 Å². The number of carbonyl (C=O) groups excluding carboxylic acids is 2. The average molecular weight is 443 g/mol. The molecule has 0 radical (unpaired) electrons.